The summed E-state index contributed by atoms with van der Waals surface area (Å²) in [5, 5.41) is 0.797. The van der Waals surface area contributed by atoms with E-state index >= 15 is 0 Å². The van der Waals surface area contributed by atoms with Crippen molar-refractivity contribution in [3.63, 3.8) is 0 Å². The first kappa shape index (κ1) is 23.0. The van der Waals surface area contributed by atoms with Gasteiger partial charge in [-0.15, -0.1) is 0 Å². The van der Waals surface area contributed by atoms with Crippen LogP contribution >= 0.6 is 0 Å². The molecule has 0 unspecified atom stereocenters. The fraction of sp³-hybridized carbons (Fsp3) is 0.214. The molecule has 0 amide bonds. The first-order chi connectivity index (χ1) is 25.6. The minimum absolute atomic E-state index is 0.118. The van der Waals surface area contributed by atoms with Gasteiger partial charge in [0.15, 0.2) is 17.5 Å². The van der Waals surface area contributed by atoms with Gasteiger partial charge in [-0.25, -0.2) is 15.0 Å². The summed E-state index contributed by atoms with van der Waals surface area (Å²) in [7, 11) is -4.63. The molecule has 1 heterocycles. The van der Waals surface area contributed by atoms with Crippen LogP contribution in [0, 0.1) is 0 Å². The number of rotatable bonds is 6. The lowest BCUT2D eigenvalue weighted by Crippen LogP contribution is -2.37. The van der Waals surface area contributed by atoms with Gasteiger partial charge in [-0.1, -0.05) is 166 Å². The highest BCUT2D eigenvalue weighted by Crippen LogP contribution is 2.49. The van der Waals surface area contributed by atoms with E-state index in [2.05, 4.69) is 61.3 Å². The van der Waals surface area contributed by atoms with Crippen molar-refractivity contribution in [2.75, 3.05) is 0 Å². The van der Waals surface area contributed by atoms with Crippen molar-refractivity contribution in [1.29, 1.82) is 0 Å². The van der Waals surface area contributed by atoms with Crippen LogP contribution in [0.5, 0.6) is 0 Å². The van der Waals surface area contributed by atoms with Crippen LogP contribution in [-0.4, -0.2) is 31.1 Å². The number of hydrogen-bond donors (Lipinski definition) is 0. The van der Waals surface area contributed by atoms with E-state index in [0.717, 1.165) is 11.1 Å². The Labute approximate surface area is 293 Å². The Morgan fingerprint density at radius 3 is 1.49 bits per heavy atom. The van der Waals surface area contributed by atoms with Crippen LogP contribution < -0.4 is 10.4 Å². The molecule has 0 saturated carbocycles. The molecule has 47 heavy (non-hydrogen) atoms. The fourth-order valence-corrected chi connectivity index (χ4v) is 7.80. The van der Waals surface area contributed by atoms with Gasteiger partial charge < -0.3 is 0 Å². The summed E-state index contributed by atoms with van der Waals surface area (Å²) in [5.74, 6) is -0.159. The van der Waals surface area contributed by atoms with E-state index in [1.807, 2.05) is 63.5 Å². The molecule has 6 aromatic rings. The molecular formula is C42H43N3Si2. The first-order valence-corrected chi connectivity index (χ1v) is 23.0. The van der Waals surface area contributed by atoms with E-state index in [1.54, 1.807) is 0 Å². The maximum Gasteiger partial charge on any atom is 0.164 e. The van der Waals surface area contributed by atoms with Crippen molar-refractivity contribution < 1.29 is 11.0 Å². The zero-order valence-corrected chi connectivity index (χ0v) is 30.2. The van der Waals surface area contributed by atoms with Gasteiger partial charge in [0, 0.05) is 22.1 Å². The molecule has 234 valence electrons. The van der Waals surface area contributed by atoms with Crippen LogP contribution in [0.25, 0.3) is 56.4 Å². The second-order valence-corrected chi connectivity index (χ2v) is 24.8. The predicted octanol–water partition coefficient (Wildman–Crippen LogP) is 9.94. The summed E-state index contributed by atoms with van der Waals surface area (Å²) >= 11 is 0. The SMILES string of the molecule is [2H]c1c([2H])c([Si](C)(C)C)c([2H])c([2H])c1-c1nc(-c2cccc(-c3ccc4c(c3)C(C)(C)c3ccccc3-4)c2)nc(-c2c([2H])c([2H])c([Si](C)(C)C)c([2H])c2[2H])n1. The Bertz CT molecular complexity index is 2440. The number of nitrogens with zero attached hydrogens (tertiary/aromatic N) is 3. The summed E-state index contributed by atoms with van der Waals surface area (Å²) in [4.78, 5) is 14.2. The normalized spacial score (nSPS) is 16.1. The molecule has 0 saturated heterocycles. The lowest BCUT2D eigenvalue weighted by molar-refractivity contribution is 0.660. The Morgan fingerprint density at radius 2 is 0.936 bits per heavy atom. The molecule has 0 fully saturated rings. The van der Waals surface area contributed by atoms with Crippen LogP contribution in [0.2, 0.25) is 39.3 Å². The maximum atomic E-state index is 9.08. The summed E-state index contributed by atoms with van der Waals surface area (Å²) in [5.41, 5.74) is 6.94. The minimum Gasteiger partial charge on any atom is -0.208 e. The van der Waals surface area contributed by atoms with Crippen LogP contribution in [0.1, 0.15) is 35.9 Å². The zero-order valence-electron chi connectivity index (χ0n) is 36.2. The maximum absolute atomic E-state index is 9.08. The van der Waals surface area contributed by atoms with E-state index < -0.39 is 16.1 Å². The summed E-state index contributed by atoms with van der Waals surface area (Å²) in [6.45, 7) is 16.3. The van der Waals surface area contributed by atoms with Crippen molar-refractivity contribution in [1.82, 2.24) is 15.0 Å². The molecule has 0 atom stereocenters. The smallest absolute Gasteiger partial charge is 0.164 e. The molecule has 7 rings (SSSR count). The Hall–Kier alpha value is -4.46. The third-order valence-corrected chi connectivity index (χ3v) is 12.4. The highest BCUT2D eigenvalue weighted by Gasteiger charge is 2.35. The first-order valence-electron chi connectivity index (χ1n) is 20.0. The van der Waals surface area contributed by atoms with E-state index in [1.165, 1.54) is 22.3 Å². The molecule has 3 nitrogen and oxygen atoms in total. The average molecular weight is 654 g/mol. The molecule has 5 aromatic carbocycles. The second kappa shape index (κ2) is 11.4. The molecule has 0 spiro atoms. The predicted molar refractivity (Wildman–Crippen MR) is 205 cm³/mol. The average Bonchev–Trinajstić information content (AvgIpc) is 3.35. The van der Waals surface area contributed by atoms with Crippen molar-refractivity contribution >= 4 is 26.5 Å². The number of fused-ring (bicyclic) bond motifs is 3. The van der Waals surface area contributed by atoms with Gasteiger partial charge in [0.1, 0.15) is 0 Å². The van der Waals surface area contributed by atoms with Crippen LogP contribution in [0.15, 0.2) is 115 Å². The quantitative estimate of drug-likeness (QED) is 0.168. The molecule has 1 aliphatic rings. The monoisotopic (exact) mass is 653 g/mol. The Balaban J connectivity index is 1.47. The summed E-state index contributed by atoms with van der Waals surface area (Å²) in [6.07, 6.45) is 0. The van der Waals surface area contributed by atoms with Gasteiger partial charge in [0.05, 0.1) is 27.1 Å². The fourth-order valence-electron chi connectivity index (χ4n) is 6.05. The Morgan fingerprint density at radius 1 is 0.468 bits per heavy atom. The molecule has 0 N–H and O–H groups in total. The van der Waals surface area contributed by atoms with Gasteiger partial charge >= 0.3 is 0 Å². The van der Waals surface area contributed by atoms with E-state index in [-0.39, 0.29) is 82.4 Å². The third-order valence-electron chi connectivity index (χ3n) is 8.87. The van der Waals surface area contributed by atoms with Gasteiger partial charge in [-0.2, -0.15) is 0 Å². The Kier molecular flexibility index (Phi) is 5.55. The van der Waals surface area contributed by atoms with Gasteiger partial charge in [-0.3, -0.25) is 0 Å². The molecular weight excluding hydrogens is 603 g/mol. The minimum atomic E-state index is -2.31. The molecule has 5 heteroatoms. The largest absolute Gasteiger partial charge is 0.208 e. The lowest BCUT2D eigenvalue weighted by atomic mass is 9.81. The van der Waals surface area contributed by atoms with Crippen LogP contribution in [0.3, 0.4) is 0 Å². The van der Waals surface area contributed by atoms with Crippen molar-refractivity contribution in [2.24, 2.45) is 0 Å². The molecule has 1 aromatic heterocycles. The molecule has 1 aliphatic carbocycles. The van der Waals surface area contributed by atoms with Gasteiger partial charge in [0.2, 0.25) is 0 Å². The highest BCUT2D eigenvalue weighted by atomic mass is 28.3. The van der Waals surface area contributed by atoms with E-state index in [4.69, 9.17) is 20.9 Å². The van der Waals surface area contributed by atoms with E-state index in [0.29, 0.717) is 15.9 Å². The topological polar surface area (TPSA) is 38.7 Å². The number of aromatic nitrogens is 3. The summed E-state index contributed by atoms with van der Waals surface area (Å²) < 4.78 is 72.1. The number of hydrogen-bond acceptors (Lipinski definition) is 3. The highest BCUT2D eigenvalue weighted by molar-refractivity contribution is 6.89. The standard InChI is InChI=1S/C42H43N3Si2/c1-42(2)37-15-10-9-14-35(37)36-25-20-31(27-38(36)42)30-12-11-13-32(26-30)41-44-39(28-16-21-33(22-17-28)46(3,4)5)43-40(45-41)29-18-23-34(24-19-29)47(6,7)8/h9-27H,1-8H3/i16D,17D,18D,19D,21D,22D,23D,24D. The second-order valence-electron chi connectivity index (χ2n) is 14.8. The van der Waals surface area contributed by atoms with Crippen LogP contribution in [-0.2, 0) is 5.41 Å². The van der Waals surface area contributed by atoms with Gasteiger partial charge in [0.25, 0.3) is 0 Å². The van der Waals surface area contributed by atoms with Crippen molar-refractivity contribution in [3.05, 3.63) is 126 Å². The molecule has 0 aliphatic heterocycles. The molecule has 0 bridgehead atoms. The van der Waals surface area contributed by atoms with Crippen LogP contribution in [0.4, 0.5) is 0 Å². The van der Waals surface area contributed by atoms with Gasteiger partial charge in [-0.05, 0) is 45.5 Å². The van der Waals surface area contributed by atoms with Crippen molar-refractivity contribution in [3.8, 4) is 56.4 Å². The summed E-state index contributed by atoms with van der Waals surface area (Å²) in [6, 6.07) is 20.8. The lowest BCUT2D eigenvalue weighted by Gasteiger charge is -2.22. The zero-order chi connectivity index (χ0) is 40.1. The van der Waals surface area contributed by atoms with E-state index in [9.17, 15) is 0 Å². The number of benzene rings is 5. The third kappa shape index (κ3) is 5.83. The van der Waals surface area contributed by atoms with Crippen molar-refractivity contribution in [2.45, 2.75) is 58.5 Å². The molecule has 0 radical (unpaired) electrons.